The van der Waals surface area contributed by atoms with E-state index in [9.17, 15) is 19.6 Å². The minimum Gasteiger partial charge on any atom is -0.497 e. The van der Waals surface area contributed by atoms with E-state index in [0.29, 0.717) is 28.5 Å². The molecule has 41 heavy (non-hydrogen) atoms. The number of nitrogens with zero attached hydrogens (tertiary/aromatic N) is 5. The summed E-state index contributed by atoms with van der Waals surface area (Å²) in [5.41, 5.74) is 0.899. The van der Waals surface area contributed by atoms with Crippen LogP contribution in [0.25, 0.3) is 0 Å². The van der Waals surface area contributed by atoms with Crippen LogP contribution in [0.5, 0.6) is 5.75 Å². The van der Waals surface area contributed by atoms with Crippen LogP contribution in [0.3, 0.4) is 0 Å². The average molecular weight is 555 g/mol. The van der Waals surface area contributed by atoms with E-state index in [2.05, 4.69) is 44.6 Å². The highest BCUT2D eigenvalue weighted by Crippen LogP contribution is 2.28. The lowest BCUT2D eigenvalue weighted by molar-refractivity contribution is -0.122. The maximum absolute atomic E-state index is 13.1. The summed E-state index contributed by atoms with van der Waals surface area (Å²) < 4.78 is 5.23. The van der Waals surface area contributed by atoms with Gasteiger partial charge in [0.15, 0.2) is 6.19 Å². The molecule has 210 valence electrons. The summed E-state index contributed by atoms with van der Waals surface area (Å²) in [5, 5.41) is 16.8. The second-order valence-corrected chi connectivity index (χ2v) is 9.89. The zero-order valence-corrected chi connectivity index (χ0v) is 22.9. The standard InChI is InChI=1S/C29H30N8O4/c1-3-35-12-14-36(15-13-35)27(31-19-30)32-22-7-4-20(5-8-22)10-11-29(26(39)33-28(40)34-29)18-37-17-21-6-9-23(41-2)16-24(21)25(37)38/h4-9,16H,3,12-15,17-18H2,1-2H3,(H,31,32)(H2,33,34,39,40)/t29-/m1/s1. The van der Waals surface area contributed by atoms with Crippen LogP contribution in [0.1, 0.15) is 28.4 Å². The third-order valence-electron chi connectivity index (χ3n) is 7.37. The van der Waals surface area contributed by atoms with Crippen molar-refractivity contribution in [1.82, 2.24) is 30.7 Å². The molecule has 0 spiro atoms. The number of fused-ring (bicyclic) bond motifs is 1. The molecule has 0 unspecified atom stereocenters. The number of aliphatic imine (C=N–C) groups is 1. The Morgan fingerprint density at radius 1 is 1.12 bits per heavy atom. The third-order valence-corrected chi connectivity index (χ3v) is 7.37. The zero-order valence-electron chi connectivity index (χ0n) is 22.9. The lowest BCUT2D eigenvalue weighted by Gasteiger charge is -2.35. The first kappa shape index (κ1) is 27.5. The SMILES string of the molecule is CCN1CCN(C(=Nc2ccc(C#C[C@]3(CN4Cc5ccc(OC)cc5C4=O)NC(=O)NC3=O)cc2)NC#N)CC1. The molecule has 1 atom stereocenters. The Bertz CT molecular complexity index is 1500. The molecule has 0 radical (unpaired) electrons. The number of benzene rings is 2. The Morgan fingerprint density at radius 2 is 1.88 bits per heavy atom. The van der Waals surface area contributed by atoms with E-state index in [-0.39, 0.29) is 19.0 Å². The van der Waals surface area contributed by atoms with Crippen molar-refractivity contribution in [3.63, 3.8) is 0 Å². The van der Waals surface area contributed by atoms with Gasteiger partial charge in [-0.05, 0) is 48.5 Å². The van der Waals surface area contributed by atoms with Gasteiger partial charge in [0, 0.05) is 43.9 Å². The minimum absolute atomic E-state index is 0.121. The van der Waals surface area contributed by atoms with Gasteiger partial charge in [-0.15, -0.1) is 0 Å². The molecule has 3 aliphatic heterocycles. The number of amides is 4. The van der Waals surface area contributed by atoms with E-state index in [1.54, 1.807) is 36.4 Å². The Kier molecular flexibility index (Phi) is 7.77. The van der Waals surface area contributed by atoms with E-state index in [1.807, 2.05) is 17.2 Å². The van der Waals surface area contributed by atoms with Crippen LogP contribution in [0.4, 0.5) is 10.5 Å². The number of nitriles is 1. The number of likely N-dealkylation sites (N-methyl/N-ethyl adjacent to an activating group) is 1. The van der Waals surface area contributed by atoms with Crippen molar-refractivity contribution in [1.29, 1.82) is 5.26 Å². The topological polar surface area (TPSA) is 142 Å². The number of rotatable bonds is 5. The van der Waals surface area contributed by atoms with E-state index in [0.717, 1.165) is 38.3 Å². The van der Waals surface area contributed by atoms with Crippen molar-refractivity contribution in [3.8, 4) is 23.8 Å². The molecule has 0 aliphatic carbocycles. The van der Waals surface area contributed by atoms with Crippen molar-refractivity contribution in [3.05, 3.63) is 59.2 Å². The molecule has 2 aromatic carbocycles. The second kappa shape index (κ2) is 11.6. The number of hydrogen-bond acceptors (Lipinski definition) is 7. The number of ether oxygens (including phenoxy) is 1. The number of hydrogen-bond donors (Lipinski definition) is 3. The Hall–Kier alpha value is -5.07. The van der Waals surface area contributed by atoms with Crippen LogP contribution in [0, 0.1) is 23.3 Å². The molecule has 12 heteroatoms. The maximum atomic E-state index is 13.1. The maximum Gasteiger partial charge on any atom is 0.323 e. The molecule has 2 aromatic rings. The number of nitrogens with one attached hydrogen (secondary N) is 3. The highest BCUT2D eigenvalue weighted by Gasteiger charge is 2.48. The number of carbonyl (C=O) groups excluding carboxylic acids is 3. The molecular formula is C29H30N8O4. The van der Waals surface area contributed by atoms with Crippen molar-refractivity contribution in [2.24, 2.45) is 4.99 Å². The molecule has 0 bridgehead atoms. The molecular weight excluding hydrogens is 524 g/mol. The van der Waals surface area contributed by atoms with Crippen LogP contribution in [-0.2, 0) is 11.3 Å². The van der Waals surface area contributed by atoms with Crippen LogP contribution < -0.4 is 20.7 Å². The van der Waals surface area contributed by atoms with Crippen LogP contribution in [0.2, 0.25) is 0 Å². The fourth-order valence-electron chi connectivity index (χ4n) is 5.04. The number of piperazine rings is 1. The summed E-state index contributed by atoms with van der Waals surface area (Å²) in [4.78, 5) is 48.6. The summed E-state index contributed by atoms with van der Waals surface area (Å²) >= 11 is 0. The van der Waals surface area contributed by atoms with Gasteiger partial charge in [-0.25, -0.2) is 9.79 Å². The zero-order chi connectivity index (χ0) is 29.0. The van der Waals surface area contributed by atoms with Gasteiger partial charge in [0.2, 0.25) is 11.5 Å². The first-order valence-electron chi connectivity index (χ1n) is 13.3. The van der Waals surface area contributed by atoms with Gasteiger partial charge >= 0.3 is 6.03 Å². The van der Waals surface area contributed by atoms with Gasteiger partial charge in [-0.2, -0.15) is 5.26 Å². The molecule has 3 N–H and O–H groups in total. The summed E-state index contributed by atoms with van der Waals surface area (Å²) in [7, 11) is 1.53. The summed E-state index contributed by atoms with van der Waals surface area (Å²) in [6.07, 6.45) is 1.96. The van der Waals surface area contributed by atoms with Crippen LogP contribution >= 0.6 is 0 Å². The van der Waals surface area contributed by atoms with E-state index < -0.39 is 17.5 Å². The van der Waals surface area contributed by atoms with Gasteiger partial charge in [0.25, 0.3) is 11.8 Å². The van der Waals surface area contributed by atoms with Crippen molar-refractivity contribution >= 4 is 29.5 Å². The normalized spacial score (nSPS) is 20.5. The lowest BCUT2D eigenvalue weighted by atomic mass is 9.99. The predicted octanol–water partition coefficient (Wildman–Crippen LogP) is 0.977. The quantitative estimate of drug-likeness (QED) is 0.124. The average Bonchev–Trinajstić information content (AvgIpc) is 3.45. The largest absolute Gasteiger partial charge is 0.497 e. The van der Waals surface area contributed by atoms with E-state index >= 15 is 0 Å². The van der Waals surface area contributed by atoms with Gasteiger partial charge in [-0.1, -0.05) is 24.8 Å². The third kappa shape index (κ3) is 5.78. The van der Waals surface area contributed by atoms with E-state index in [1.165, 1.54) is 12.0 Å². The molecule has 5 rings (SSSR count). The number of methoxy groups -OCH3 is 1. The molecule has 12 nitrogen and oxygen atoms in total. The summed E-state index contributed by atoms with van der Waals surface area (Å²) in [6, 6.07) is 11.6. The van der Waals surface area contributed by atoms with Crippen molar-refractivity contribution in [2.45, 2.75) is 19.0 Å². The second-order valence-electron chi connectivity index (χ2n) is 9.89. The van der Waals surface area contributed by atoms with Gasteiger partial charge in [0.1, 0.15) is 5.75 Å². The first-order chi connectivity index (χ1) is 19.8. The molecule has 3 heterocycles. The molecule has 2 saturated heterocycles. The molecule has 3 aliphatic rings. The summed E-state index contributed by atoms with van der Waals surface area (Å²) in [5.74, 6) is 6.04. The molecule has 2 fully saturated rings. The monoisotopic (exact) mass is 554 g/mol. The van der Waals surface area contributed by atoms with Crippen molar-refractivity contribution in [2.75, 3.05) is 46.4 Å². The number of urea groups is 1. The van der Waals surface area contributed by atoms with Gasteiger partial charge < -0.3 is 24.8 Å². The van der Waals surface area contributed by atoms with Crippen LogP contribution in [-0.4, -0.2) is 90.4 Å². The fourth-order valence-corrected chi connectivity index (χ4v) is 5.04. The van der Waals surface area contributed by atoms with Crippen molar-refractivity contribution < 1.29 is 19.1 Å². The van der Waals surface area contributed by atoms with Gasteiger partial charge in [-0.3, -0.25) is 20.2 Å². The molecule has 0 saturated carbocycles. The lowest BCUT2D eigenvalue weighted by Crippen LogP contribution is -2.54. The minimum atomic E-state index is -1.61. The highest BCUT2D eigenvalue weighted by atomic mass is 16.5. The Labute approximate surface area is 237 Å². The van der Waals surface area contributed by atoms with E-state index in [4.69, 9.17) is 4.74 Å². The summed E-state index contributed by atoms with van der Waals surface area (Å²) in [6.45, 7) is 6.59. The van der Waals surface area contributed by atoms with Crippen LogP contribution in [0.15, 0.2) is 47.5 Å². The highest BCUT2D eigenvalue weighted by molar-refractivity contribution is 6.10. The first-order valence-corrected chi connectivity index (χ1v) is 13.3. The number of imide groups is 1. The smallest absolute Gasteiger partial charge is 0.323 e. The number of guanidine groups is 1. The molecule has 4 amide bonds. The molecule has 0 aromatic heterocycles. The Balaban J connectivity index is 1.34. The van der Waals surface area contributed by atoms with Gasteiger partial charge in [0.05, 0.1) is 19.3 Å². The predicted molar refractivity (Wildman–Crippen MR) is 150 cm³/mol. The fraction of sp³-hybridized carbons (Fsp3) is 0.345. The number of carbonyl (C=O) groups is 3. The Morgan fingerprint density at radius 3 is 2.51 bits per heavy atom.